The van der Waals surface area contributed by atoms with Gasteiger partial charge in [0.05, 0.1) is 20.3 Å². The third-order valence-corrected chi connectivity index (χ3v) is 7.56. The highest BCUT2D eigenvalue weighted by Gasteiger charge is 2.51. The van der Waals surface area contributed by atoms with Crippen molar-refractivity contribution < 1.29 is 79.2 Å². The van der Waals surface area contributed by atoms with E-state index in [-0.39, 0.29) is 28.4 Å². The highest BCUT2D eigenvalue weighted by atomic mass is 16.8. The number of aliphatic hydroxyl groups excluding tert-OH is 7. The van der Waals surface area contributed by atoms with Gasteiger partial charge in [0.25, 0.3) is 0 Å². The highest BCUT2D eigenvalue weighted by Crippen LogP contribution is 2.40. The summed E-state index contributed by atoms with van der Waals surface area (Å²) in [6, 6.07) is 5.72. The molecule has 246 valence electrons. The Morgan fingerprint density at radius 3 is 2.07 bits per heavy atom. The summed E-state index contributed by atoms with van der Waals surface area (Å²) in [5.74, 6) is -2.49. The number of phenols is 3. The zero-order chi connectivity index (χ0) is 32.7. The second kappa shape index (κ2) is 12.9. The van der Waals surface area contributed by atoms with E-state index >= 15 is 0 Å². The van der Waals surface area contributed by atoms with Crippen molar-refractivity contribution >= 4 is 11.0 Å². The van der Waals surface area contributed by atoms with Crippen LogP contribution in [-0.2, 0) is 14.2 Å². The van der Waals surface area contributed by atoms with E-state index in [1.165, 1.54) is 25.3 Å². The molecule has 1 aromatic heterocycles. The van der Waals surface area contributed by atoms with Gasteiger partial charge in [0.2, 0.25) is 17.5 Å². The van der Waals surface area contributed by atoms with E-state index in [9.17, 15) is 55.9 Å². The first-order valence-electron chi connectivity index (χ1n) is 13.5. The Bertz CT molecular complexity index is 1570. The zero-order valence-corrected chi connectivity index (χ0v) is 23.4. The number of hydrogen-bond donors (Lipinski definition) is 10. The van der Waals surface area contributed by atoms with Gasteiger partial charge in [0, 0.05) is 17.7 Å². The average Bonchev–Trinajstić information content (AvgIpc) is 3.01. The van der Waals surface area contributed by atoms with E-state index in [2.05, 4.69) is 0 Å². The third-order valence-electron chi connectivity index (χ3n) is 7.56. The SMILES string of the molecule is COc1cc(-c2oc3cc(O)cc(O)c3c(=O)c2O[C@@H]2OC(CO)[C@H](O)C(O)C2O[C@@H]2OC(CO)[C@@H](O)C(O)C2O)ccc1O. The predicted octanol–water partition coefficient (Wildman–Crippen LogP) is -2.41. The summed E-state index contributed by atoms with van der Waals surface area (Å²) in [5, 5.41) is 102. The molecule has 2 fully saturated rings. The topological polar surface area (TPSA) is 279 Å². The molecule has 0 spiro atoms. The molecule has 6 unspecified atom stereocenters. The van der Waals surface area contributed by atoms with Crippen LogP contribution in [0, 0.1) is 0 Å². The smallest absolute Gasteiger partial charge is 0.239 e. The zero-order valence-electron chi connectivity index (χ0n) is 23.4. The molecule has 2 saturated heterocycles. The van der Waals surface area contributed by atoms with Crippen LogP contribution < -0.4 is 14.9 Å². The van der Waals surface area contributed by atoms with Gasteiger partial charge in [0.15, 0.2) is 29.7 Å². The lowest BCUT2D eigenvalue weighted by molar-refractivity contribution is -0.358. The lowest BCUT2D eigenvalue weighted by Crippen LogP contribution is -2.65. The van der Waals surface area contributed by atoms with Crippen molar-refractivity contribution in [3.8, 4) is 40.1 Å². The third kappa shape index (κ3) is 5.98. The molecule has 2 aromatic carbocycles. The number of hydrogen-bond acceptors (Lipinski definition) is 17. The number of rotatable bonds is 8. The van der Waals surface area contributed by atoms with E-state index in [0.717, 1.165) is 12.1 Å². The number of aliphatic hydroxyl groups is 7. The highest BCUT2D eigenvalue weighted by molar-refractivity contribution is 5.88. The Morgan fingerprint density at radius 2 is 1.42 bits per heavy atom. The standard InChI is InChI=1S/C28H32O17/c1-40-13-4-9(2-3-11(13)32)24-25(20(36)17-12(33)5-10(31)6-14(17)41-24)44-28-26(22(38)19(35)16(8-30)43-28)45-27-23(39)21(37)18(34)15(7-29)42-27/h2-6,15-16,18-19,21-23,26-35,37-39H,7-8H2,1H3/t15?,16?,18-,19+,21?,22?,23?,26?,27+,28+/m1/s1. The van der Waals surface area contributed by atoms with Crippen LogP contribution in [0.2, 0.25) is 0 Å². The van der Waals surface area contributed by atoms with Crippen molar-refractivity contribution in [1.82, 2.24) is 0 Å². The summed E-state index contributed by atoms with van der Waals surface area (Å²) in [6.45, 7) is -1.65. The first-order chi connectivity index (χ1) is 21.4. The van der Waals surface area contributed by atoms with Crippen LogP contribution in [0.25, 0.3) is 22.3 Å². The van der Waals surface area contributed by atoms with Gasteiger partial charge >= 0.3 is 0 Å². The van der Waals surface area contributed by atoms with Crippen LogP contribution in [0.5, 0.6) is 28.7 Å². The van der Waals surface area contributed by atoms with E-state index in [0.29, 0.717) is 0 Å². The van der Waals surface area contributed by atoms with Gasteiger partial charge in [-0.3, -0.25) is 4.79 Å². The van der Waals surface area contributed by atoms with Crippen LogP contribution in [0.15, 0.2) is 39.5 Å². The fraction of sp³-hybridized carbons (Fsp3) is 0.464. The van der Waals surface area contributed by atoms with Gasteiger partial charge in [0.1, 0.15) is 65.2 Å². The number of methoxy groups -OCH3 is 1. The second-order valence-electron chi connectivity index (χ2n) is 10.4. The minimum Gasteiger partial charge on any atom is -0.508 e. The largest absolute Gasteiger partial charge is 0.508 e. The predicted molar refractivity (Wildman–Crippen MR) is 146 cm³/mol. The summed E-state index contributed by atoms with van der Waals surface area (Å²) in [6.07, 6.45) is -17.9. The van der Waals surface area contributed by atoms with Crippen LogP contribution >= 0.6 is 0 Å². The lowest BCUT2D eigenvalue weighted by atomic mass is 9.97. The Labute approximate surface area is 252 Å². The van der Waals surface area contributed by atoms with Crippen molar-refractivity contribution in [1.29, 1.82) is 0 Å². The molecular formula is C28H32O17. The number of phenolic OH excluding ortho intramolecular Hbond substituents is 3. The Hall–Kier alpha value is -3.75. The summed E-state index contributed by atoms with van der Waals surface area (Å²) < 4.78 is 33.5. The average molecular weight is 641 g/mol. The van der Waals surface area contributed by atoms with Gasteiger partial charge in [-0.25, -0.2) is 0 Å². The molecule has 0 amide bonds. The summed E-state index contributed by atoms with van der Waals surface area (Å²) in [4.78, 5) is 13.8. The molecule has 3 aromatic rings. The molecule has 0 aliphatic carbocycles. The number of aromatic hydroxyl groups is 3. The number of benzene rings is 2. The molecule has 0 bridgehead atoms. The van der Waals surface area contributed by atoms with Gasteiger partial charge in [-0.2, -0.15) is 0 Å². The minimum atomic E-state index is -1.96. The van der Waals surface area contributed by atoms with E-state index < -0.39 is 103 Å². The van der Waals surface area contributed by atoms with Crippen molar-refractivity contribution in [3.63, 3.8) is 0 Å². The van der Waals surface area contributed by atoms with Gasteiger partial charge < -0.3 is 79.2 Å². The maximum Gasteiger partial charge on any atom is 0.239 e. The van der Waals surface area contributed by atoms with Crippen LogP contribution in [0.4, 0.5) is 0 Å². The summed E-state index contributed by atoms with van der Waals surface area (Å²) in [7, 11) is 1.27. The summed E-state index contributed by atoms with van der Waals surface area (Å²) in [5.41, 5.74) is -1.23. The van der Waals surface area contributed by atoms with Crippen LogP contribution in [0.1, 0.15) is 0 Å². The van der Waals surface area contributed by atoms with Gasteiger partial charge in [-0.1, -0.05) is 0 Å². The van der Waals surface area contributed by atoms with Crippen LogP contribution in [0.3, 0.4) is 0 Å². The Kier molecular flexibility index (Phi) is 9.38. The van der Waals surface area contributed by atoms with Crippen molar-refractivity contribution in [2.45, 2.75) is 61.4 Å². The molecule has 10 atom stereocenters. The quantitative estimate of drug-likeness (QED) is 0.123. The fourth-order valence-corrected chi connectivity index (χ4v) is 5.13. The van der Waals surface area contributed by atoms with Gasteiger partial charge in [-0.15, -0.1) is 0 Å². The minimum absolute atomic E-state index is 0.0448. The molecule has 0 radical (unpaired) electrons. The number of fused-ring (bicyclic) bond motifs is 1. The lowest BCUT2D eigenvalue weighted by Gasteiger charge is -2.45. The second-order valence-corrected chi connectivity index (χ2v) is 10.4. The maximum atomic E-state index is 13.8. The maximum absolute atomic E-state index is 13.8. The Morgan fingerprint density at radius 1 is 0.778 bits per heavy atom. The molecule has 2 aliphatic heterocycles. The molecule has 10 N–H and O–H groups in total. The van der Waals surface area contributed by atoms with Crippen molar-refractivity contribution in [3.05, 3.63) is 40.6 Å². The first kappa shape index (κ1) is 32.6. The molecule has 2 aliphatic rings. The van der Waals surface area contributed by atoms with Crippen molar-refractivity contribution in [2.75, 3.05) is 20.3 Å². The molecule has 5 rings (SSSR count). The van der Waals surface area contributed by atoms with Crippen molar-refractivity contribution in [2.24, 2.45) is 0 Å². The molecular weight excluding hydrogens is 608 g/mol. The normalized spacial score (nSPS) is 32.0. The fourth-order valence-electron chi connectivity index (χ4n) is 5.13. The Balaban J connectivity index is 1.62. The first-order valence-corrected chi connectivity index (χ1v) is 13.5. The van der Waals surface area contributed by atoms with Gasteiger partial charge in [-0.05, 0) is 18.2 Å². The molecule has 0 saturated carbocycles. The molecule has 3 heterocycles. The van der Waals surface area contributed by atoms with E-state index in [4.69, 9.17) is 28.1 Å². The monoisotopic (exact) mass is 640 g/mol. The molecule has 17 nitrogen and oxygen atoms in total. The van der Waals surface area contributed by atoms with E-state index in [1.54, 1.807) is 0 Å². The van der Waals surface area contributed by atoms with Crippen LogP contribution in [-0.4, -0.2) is 133 Å². The van der Waals surface area contributed by atoms with E-state index in [1.807, 2.05) is 0 Å². The molecule has 45 heavy (non-hydrogen) atoms. The molecule has 17 heteroatoms. The number of ether oxygens (including phenoxy) is 5. The summed E-state index contributed by atoms with van der Waals surface area (Å²) >= 11 is 0.